The zero-order valence-electron chi connectivity index (χ0n) is 19.9. The molecular weight excluding hydrogens is 404 g/mol. The zero-order chi connectivity index (χ0) is 24.0. The van der Waals surface area contributed by atoms with Gasteiger partial charge >= 0.3 is 5.97 Å². The minimum absolute atomic E-state index is 0.284. The molecule has 0 saturated carbocycles. The van der Waals surface area contributed by atoms with Crippen molar-refractivity contribution < 1.29 is 19.5 Å². The molecule has 1 aromatic carbocycles. The molecule has 2 amide bonds. The number of unbranched alkanes of at least 4 members (excludes halogenated alkanes) is 14. The van der Waals surface area contributed by atoms with Crippen molar-refractivity contribution in [1.29, 1.82) is 0 Å². The molecule has 0 heterocycles. The number of carbonyl (C=O) groups is 3. The average molecular weight is 449 g/mol. The van der Waals surface area contributed by atoms with E-state index in [1.165, 1.54) is 102 Å². The van der Waals surface area contributed by atoms with Gasteiger partial charge in [-0.15, -0.1) is 0 Å². The highest BCUT2D eigenvalue weighted by Gasteiger charge is 2.04. The Hall–Kier alpha value is -2.37. The number of primary amides is 2. The number of carbonyl (C=O) groups excluding carboxylic acids is 2. The summed E-state index contributed by atoms with van der Waals surface area (Å²) in [5, 5.41) is 8.52. The molecule has 1 aromatic rings. The van der Waals surface area contributed by atoms with Crippen LogP contribution in [0.15, 0.2) is 24.3 Å². The van der Waals surface area contributed by atoms with Crippen LogP contribution in [0.1, 0.15) is 130 Å². The second kappa shape index (κ2) is 20.5. The number of carboxylic acids is 1. The molecule has 0 aliphatic carbocycles. The van der Waals surface area contributed by atoms with E-state index in [9.17, 15) is 14.4 Å². The molecule has 0 aliphatic rings. The second-order valence-electron chi connectivity index (χ2n) is 8.40. The summed E-state index contributed by atoms with van der Waals surface area (Å²) in [4.78, 5) is 31.6. The van der Waals surface area contributed by atoms with E-state index in [2.05, 4.69) is 6.92 Å². The standard InChI is InChI=1S/C18H36O2.C8H8N2O2/c1-2-3-4-5-6-7-8-9-10-11-12-13-14-15-16-17-18(19)20;9-7(11)5-2-1-3-6(4-5)8(10)12/h2-17H2,1H3,(H,19,20);1-4H,(H2,9,11)(H2,10,12). The first-order valence-corrected chi connectivity index (χ1v) is 12.3. The van der Waals surface area contributed by atoms with Crippen molar-refractivity contribution in [3.63, 3.8) is 0 Å². The summed E-state index contributed by atoms with van der Waals surface area (Å²) in [7, 11) is 0. The molecule has 182 valence electrons. The molecule has 0 atom stereocenters. The van der Waals surface area contributed by atoms with Gasteiger partial charge in [0.05, 0.1) is 0 Å². The third-order valence-electron chi connectivity index (χ3n) is 5.43. The maximum Gasteiger partial charge on any atom is 0.303 e. The molecule has 0 saturated heterocycles. The Morgan fingerprint density at radius 2 is 1.00 bits per heavy atom. The van der Waals surface area contributed by atoms with Gasteiger partial charge in [0.1, 0.15) is 0 Å². The Balaban J connectivity index is 0.000000677. The van der Waals surface area contributed by atoms with Crippen molar-refractivity contribution in [2.75, 3.05) is 0 Å². The van der Waals surface area contributed by atoms with Crippen LogP contribution in [0.5, 0.6) is 0 Å². The van der Waals surface area contributed by atoms with E-state index >= 15 is 0 Å². The van der Waals surface area contributed by atoms with E-state index < -0.39 is 17.8 Å². The number of hydrogen-bond acceptors (Lipinski definition) is 3. The molecule has 32 heavy (non-hydrogen) atoms. The summed E-state index contributed by atoms with van der Waals surface area (Å²) < 4.78 is 0. The van der Waals surface area contributed by atoms with Gasteiger partial charge in [0.2, 0.25) is 11.8 Å². The molecule has 0 fully saturated rings. The Morgan fingerprint density at radius 3 is 1.31 bits per heavy atom. The zero-order valence-corrected chi connectivity index (χ0v) is 19.9. The minimum atomic E-state index is -0.653. The molecule has 0 bridgehead atoms. The fourth-order valence-electron chi connectivity index (χ4n) is 3.47. The van der Waals surface area contributed by atoms with Crippen LogP contribution in [0.4, 0.5) is 0 Å². The van der Waals surface area contributed by atoms with Gasteiger partial charge in [-0.3, -0.25) is 14.4 Å². The van der Waals surface area contributed by atoms with Crippen molar-refractivity contribution in [2.24, 2.45) is 11.5 Å². The monoisotopic (exact) mass is 448 g/mol. The van der Waals surface area contributed by atoms with Gasteiger partial charge in [-0.2, -0.15) is 0 Å². The van der Waals surface area contributed by atoms with Crippen molar-refractivity contribution >= 4 is 17.8 Å². The van der Waals surface area contributed by atoms with Crippen LogP contribution in [0, 0.1) is 0 Å². The average Bonchev–Trinajstić information content (AvgIpc) is 2.76. The lowest BCUT2D eigenvalue weighted by atomic mass is 10.0. The van der Waals surface area contributed by atoms with E-state index in [1.807, 2.05) is 0 Å². The molecule has 0 radical (unpaired) electrons. The SMILES string of the molecule is CCCCCCCCCCCCCCCCCC(=O)O.NC(=O)c1cccc(C(N)=O)c1. The van der Waals surface area contributed by atoms with Crippen molar-refractivity contribution in [2.45, 2.75) is 110 Å². The van der Waals surface area contributed by atoms with Crippen LogP contribution in [0.2, 0.25) is 0 Å². The highest BCUT2D eigenvalue weighted by atomic mass is 16.4. The smallest absolute Gasteiger partial charge is 0.303 e. The normalized spacial score (nSPS) is 10.3. The molecule has 1 rings (SSSR count). The second-order valence-corrected chi connectivity index (χ2v) is 8.40. The van der Waals surface area contributed by atoms with Crippen LogP contribution >= 0.6 is 0 Å². The lowest BCUT2D eigenvalue weighted by Gasteiger charge is -2.03. The maximum absolute atomic E-state index is 10.6. The summed E-state index contributed by atoms with van der Waals surface area (Å²) in [5.41, 5.74) is 10.6. The summed E-state index contributed by atoms with van der Waals surface area (Å²) in [6, 6.07) is 5.97. The summed E-state index contributed by atoms with van der Waals surface area (Å²) in [5.74, 6) is -1.80. The Kier molecular flexibility index (Phi) is 19.0. The lowest BCUT2D eigenvalue weighted by molar-refractivity contribution is -0.137. The fourth-order valence-corrected chi connectivity index (χ4v) is 3.47. The molecular formula is C26H44N2O4. The van der Waals surface area contributed by atoms with Crippen molar-refractivity contribution in [3.05, 3.63) is 35.4 Å². The number of aliphatic carboxylic acids is 1. The predicted molar refractivity (Wildman–Crippen MR) is 131 cm³/mol. The summed E-state index contributed by atoms with van der Waals surface area (Å²) in [6.07, 6.45) is 20.2. The Bertz CT molecular complexity index is 617. The first-order chi connectivity index (χ1) is 15.4. The highest BCUT2D eigenvalue weighted by Crippen LogP contribution is 2.13. The number of benzene rings is 1. The minimum Gasteiger partial charge on any atom is -0.481 e. The van der Waals surface area contributed by atoms with E-state index in [4.69, 9.17) is 16.6 Å². The Labute approximate surface area is 194 Å². The first kappa shape index (κ1) is 29.6. The number of rotatable bonds is 18. The van der Waals surface area contributed by atoms with Gasteiger partial charge in [-0.05, 0) is 24.6 Å². The number of hydrogen-bond donors (Lipinski definition) is 3. The van der Waals surface area contributed by atoms with Crippen LogP contribution in [0.25, 0.3) is 0 Å². The van der Waals surface area contributed by atoms with Gasteiger partial charge in [-0.1, -0.05) is 103 Å². The van der Waals surface area contributed by atoms with Crippen LogP contribution < -0.4 is 11.5 Å². The van der Waals surface area contributed by atoms with Gasteiger partial charge in [-0.25, -0.2) is 0 Å². The molecule has 0 aliphatic heterocycles. The lowest BCUT2D eigenvalue weighted by Crippen LogP contribution is -2.14. The van der Waals surface area contributed by atoms with E-state index in [-0.39, 0.29) is 11.1 Å². The van der Waals surface area contributed by atoms with E-state index in [0.717, 1.165) is 12.8 Å². The Morgan fingerprint density at radius 1 is 0.656 bits per heavy atom. The highest BCUT2D eigenvalue weighted by molar-refractivity contribution is 5.98. The molecule has 6 heteroatoms. The third kappa shape index (κ3) is 18.4. The van der Waals surface area contributed by atoms with Gasteiger partial charge in [0.15, 0.2) is 0 Å². The third-order valence-corrected chi connectivity index (χ3v) is 5.43. The number of carboxylic acid groups (broad SMARTS) is 1. The topological polar surface area (TPSA) is 123 Å². The molecule has 0 unspecified atom stereocenters. The van der Waals surface area contributed by atoms with Crippen LogP contribution in [-0.4, -0.2) is 22.9 Å². The number of amides is 2. The number of nitrogens with two attached hydrogens (primary N) is 2. The first-order valence-electron chi connectivity index (χ1n) is 12.3. The van der Waals surface area contributed by atoms with Gasteiger partial charge in [0, 0.05) is 17.5 Å². The molecule has 0 spiro atoms. The predicted octanol–water partition coefficient (Wildman–Crippen LogP) is 6.22. The van der Waals surface area contributed by atoms with Crippen molar-refractivity contribution in [3.8, 4) is 0 Å². The molecule has 5 N–H and O–H groups in total. The van der Waals surface area contributed by atoms with Gasteiger partial charge in [0.25, 0.3) is 0 Å². The van der Waals surface area contributed by atoms with E-state index in [0.29, 0.717) is 6.42 Å². The van der Waals surface area contributed by atoms with Crippen LogP contribution in [0.3, 0.4) is 0 Å². The maximum atomic E-state index is 10.6. The quantitative estimate of drug-likeness (QED) is 0.231. The van der Waals surface area contributed by atoms with Gasteiger partial charge < -0.3 is 16.6 Å². The van der Waals surface area contributed by atoms with Crippen LogP contribution in [-0.2, 0) is 4.79 Å². The molecule has 0 aromatic heterocycles. The summed E-state index contributed by atoms with van der Waals surface area (Å²) in [6.45, 7) is 2.27. The van der Waals surface area contributed by atoms with E-state index in [1.54, 1.807) is 6.07 Å². The largest absolute Gasteiger partial charge is 0.481 e. The molecule has 6 nitrogen and oxygen atoms in total. The summed E-state index contributed by atoms with van der Waals surface area (Å²) >= 11 is 0. The fraction of sp³-hybridized carbons (Fsp3) is 0.654. The van der Waals surface area contributed by atoms with Crippen molar-refractivity contribution in [1.82, 2.24) is 0 Å².